The molecule has 5 aromatic rings. The number of benzene rings is 4. The maximum atomic E-state index is 13.1. The molecule has 2 aliphatic heterocycles. The van der Waals surface area contributed by atoms with E-state index in [0.29, 0.717) is 22.8 Å². The lowest BCUT2D eigenvalue weighted by atomic mass is 9.62. The van der Waals surface area contributed by atoms with E-state index in [1.54, 1.807) is 18.3 Å². The first-order chi connectivity index (χ1) is 19.7. The van der Waals surface area contributed by atoms with Crippen LogP contribution in [0.25, 0.3) is 11.3 Å². The van der Waals surface area contributed by atoms with Crippen molar-refractivity contribution in [3.8, 4) is 40.0 Å². The van der Waals surface area contributed by atoms with Crippen molar-refractivity contribution in [2.75, 3.05) is 0 Å². The normalized spacial score (nSPS) is 16.9. The van der Waals surface area contributed by atoms with Crippen LogP contribution >= 0.6 is 0 Å². The molecule has 0 bridgehead atoms. The number of para-hydroxylation sites is 2. The van der Waals surface area contributed by atoms with Crippen molar-refractivity contribution < 1.29 is 35.2 Å². The third-order valence-corrected chi connectivity index (χ3v) is 8.19. The summed E-state index contributed by atoms with van der Waals surface area (Å²) >= 11 is 0. The number of hydrogen-bond donors (Lipinski definition) is 0. The Hall–Kier alpha value is -4.83. The smallest absolute Gasteiger partial charge is 0.457 e. The van der Waals surface area contributed by atoms with Crippen LogP contribution in [0, 0.1) is 0 Å². The van der Waals surface area contributed by atoms with Crippen LogP contribution in [0.15, 0.2) is 109 Å². The summed E-state index contributed by atoms with van der Waals surface area (Å²) in [6.07, 6.45) is 1.70. The molecule has 7 rings (SSSR count). The first kappa shape index (κ1) is 25.2. The number of aromatic nitrogens is 1. The minimum Gasteiger partial charge on any atom is -0.457 e. The summed E-state index contributed by atoms with van der Waals surface area (Å²) in [6, 6.07) is 30.1. The number of nitrogens with zero attached hydrogens (tertiary/aromatic N) is 1. The van der Waals surface area contributed by atoms with Crippen molar-refractivity contribution >= 4 is 10.1 Å². The highest BCUT2D eigenvalue weighted by molar-refractivity contribution is 7.88. The fourth-order valence-corrected chi connectivity index (χ4v) is 6.02. The van der Waals surface area contributed by atoms with E-state index in [1.807, 2.05) is 72.8 Å². The van der Waals surface area contributed by atoms with Crippen LogP contribution in [0.2, 0.25) is 0 Å². The molecule has 1 unspecified atom stereocenters. The van der Waals surface area contributed by atoms with Crippen LogP contribution < -0.4 is 13.7 Å². The summed E-state index contributed by atoms with van der Waals surface area (Å²) in [6.45, 7) is 0. The molecule has 6 nitrogen and oxygen atoms in total. The summed E-state index contributed by atoms with van der Waals surface area (Å²) in [4.78, 5) is 4.46. The van der Waals surface area contributed by atoms with Crippen LogP contribution in [0.1, 0.15) is 22.3 Å². The van der Waals surface area contributed by atoms with E-state index in [2.05, 4.69) is 9.17 Å². The van der Waals surface area contributed by atoms with Gasteiger partial charge in [0.05, 0.1) is 11.1 Å². The molecule has 0 saturated carbocycles. The Morgan fingerprint density at radius 3 is 1.83 bits per heavy atom. The molecule has 0 aliphatic carbocycles. The summed E-state index contributed by atoms with van der Waals surface area (Å²) in [7, 11) is -5.88. The Bertz CT molecular complexity index is 1930. The number of rotatable bonds is 3. The van der Waals surface area contributed by atoms with E-state index >= 15 is 0 Å². The van der Waals surface area contributed by atoms with Gasteiger partial charge in [0.25, 0.3) is 0 Å². The second kappa shape index (κ2) is 8.84. The fourth-order valence-electron chi connectivity index (χ4n) is 5.57. The number of ether oxygens (including phenoxy) is 2. The molecule has 1 spiro atoms. The predicted molar refractivity (Wildman–Crippen MR) is 144 cm³/mol. The average Bonchev–Trinajstić information content (AvgIpc) is 2.96. The fraction of sp³-hybridized carbons (Fsp3) is 0.0645. The molecule has 1 atom stereocenters. The van der Waals surface area contributed by atoms with Crippen LogP contribution in [-0.4, -0.2) is 18.9 Å². The van der Waals surface area contributed by atoms with Crippen LogP contribution in [0.5, 0.6) is 28.7 Å². The highest BCUT2D eigenvalue weighted by Crippen LogP contribution is 2.61. The molecule has 1 aromatic heterocycles. The molecule has 0 N–H and O–H groups in total. The molecule has 204 valence electrons. The van der Waals surface area contributed by atoms with Gasteiger partial charge < -0.3 is 13.7 Å². The Morgan fingerprint density at radius 1 is 0.659 bits per heavy atom. The van der Waals surface area contributed by atoms with Crippen molar-refractivity contribution in [2.45, 2.75) is 10.9 Å². The Balaban J connectivity index is 1.50. The quantitative estimate of drug-likeness (QED) is 0.160. The summed E-state index contributed by atoms with van der Waals surface area (Å²) < 4.78 is 79.7. The van der Waals surface area contributed by atoms with Gasteiger partial charge in [-0.25, -0.2) is 0 Å². The van der Waals surface area contributed by atoms with E-state index in [-0.39, 0.29) is 5.75 Å². The highest BCUT2D eigenvalue weighted by Gasteiger charge is 2.51. The van der Waals surface area contributed by atoms with E-state index in [4.69, 9.17) is 9.47 Å². The topological polar surface area (TPSA) is 74.7 Å². The standard InChI is InChI=1S/C31H18F3NO5S/c32-31(33,34)41(36,37)40-20-13-15-24-29(18-20)39-27-11-4-2-8-22(27)30(24)21-7-1-3-10-26(21)38-28-17-19(12-14-23(28)30)25-9-5-6-16-35-25/h1-18H. The van der Waals surface area contributed by atoms with E-state index in [0.717, 1.165) is 34.0 Å². The van der Waals surface area contributed by atoms with Crippen LogP contribution in [-0.2, 0) is 15.5 Å². The Labute approximate surface area is 232 Å². The Kier molecular flexibility index (Phi) is 5.42. The van der Waals surface area contributed by atoms with E-state index in [9.17, 15) is 21.6 Å². The molecule has 0 fully saturated rings. The number of fused-ring (bicyclic) bond motifs is 8. The molecule has 2 aliphatic rings. The molecular weight excluding hydrogens is 555 g/mol. The second-order valence-electron chi connectivity index (χ2n) is 9.51. The monoisotopic (exact) mass is 573 g/mol. The van der Waals surface area contributed by atoms with Crippen molar-refractivity contribution in [3.05, 3.63) is 132 Å². The van der Waals surface area contributed by atoms with Gasteiger partial charge in [0.15, 0.2) is 0 Å². The van der Waals surface area contributed by atoms with Gasteiger partial charge in [-0.05, 0) is 42.5 Å². The van der Waals surface area contributed by atoms with Gasteiger partial charge in [-0.2, -0.15) is 21.6 Å². The summed E-state index contributed by atoms with van der Waals surface area (Å²) in [5.41, 5.74) is -2.09. The number of pyridine rings is 1. The van der Waals surface area contributed by atoms with Gasteiger partial charge >= 0.3 is 15.6 Å². The molecule has 0 saturated heterocycles. The van der Waals surface area contributed by atoms with Gasteiger partial charge in [0.2, 0.25) is 0 Å². The van der Waals surface area contributed by atoms with E-state index in [1.165, 1.54) is 12.1 Å². The third-order valence-electron chi connectivity index (χ3n) is 7.21. The largest absolute Gasteiger partial charge is 0.534 e. The zero-order valence-corrected chi connectivity index (χ0v) is 21.7. The zero-order valence-electron chi connectivity index (χ0n) is 20.9. The lowest BCUT2D eigenvalue weighted by molar-refractivity contribution is -0.0500. The maximum Gasteiger partial charge on any atom is 0.534 e. The number of alkyl halides is 3. The van der Waals surface area contributed by atoms with Gasteiger partial charge in [-0.3, -0.25) is 4.98 Å². The maximum absolute atomic E-state index is 13.1. The molecule has 0 radical (unpaired) electrons. The minimum absolute atomic E-state index is 0.148. The molecule has 10 heteroatoms. The molecule has 4 aromatic carbocycles. The lowest BCUT2D eigenvalue weighted by Crippen LogP contribution is -2.36. The first-order valence-electron chi connectivity index (χ1n) is 12.4. The van der Waals surface area contributed by atoms with Crippen molar-refractivity contribution in [1.29, 1.82) is 0 Å². The summed E-state index contributed by atoms with van der Waals surface area (Å²) in [5.74, 6) is 1.22. The minimum atomic E-state index is -5.88. The SMILES string of the molecule is O=S(=O)(Oc1ccc2c(c1)Oc1ccccc1C21c2ccccc2Oc2cc(-c3ccccn3)ccc21)C(F)(F)F. The third kappa shape index (κ3) is 3.78. The van der Waals surface area contributed by atoms with Crippen molar-refractivity contribution in [1.82, 2.24) is 4.98 Å². The average molecular weight is 574 g/mol. The van der Waals surface area contributed by atoms with Gasteiger partial charge in [-0.15, -0.1) is 0 Å². The molecule has 41 heavy (non-hydrogen) atoms. The van der Waals surface area contributed by atoms with Gasteiger partial charge in [-0.1, -0.05) is 54.6 Å². The molecule has 3 heterocycles. The van der Waals surface area contributed by atoms with Crippen LogP contribution in [0.3, 0.4) is 0 Å². The molecular formula is C31H18F3NO5S. The zero-order chi connectivity index (χ0) is 28.4. The summed E-state index contributed by atoms with van der Waals surface area (Å²) in [5, 5.41) is 0. The van der Waals surface area contributed by atoms with Crippen molar-refractivity contribution in [2.24, 2.45) is 0 Å². The van der Waals surface area contributed by atoms with Crippen LogP contribution in [0.4, 0.5) is 13.2 Å². The highest BCUT2D eigenvalue weighted by atomic mass is 32.2. The number of hydrogen-bond acceptors (Lipinski definition) is 6. The van der Waals surface area contributed by atoms with Gasteiger partial charge in [0, 0.05) is 40.1 Å². The number of halogens is 3. The second-order valence-corrected chi connectivity index (χ2v) is 11.1. The molecule has 0 amide bonds. The van der Waals surface area contributed by atoms with E-state index < -0.39 is 26.8 Å². The van der Waals surface area contributed by atoms with Gasteiger partial charge in [0.1, 0.15) is 28.7 Å². The first-order valence-corrected chi connectivity index (χ1v) is 13.9. The predicted octanol–water partition coefficient (Wildman–Crippen LogP) is 7.57. The lowest BCUT2D eigenvalue weighted by Gasteiger charge is -2.44. The Morgan fingerprint density at radius 2 is 1.22 bits per heavy atom. The van der Waals surface area contributed by atoms with Crippen molar-refractivity contribution in [3.63, 3.8) is 0 Å².